The van der Waals surface area contributed by atoms with E-state index in [0.29, 0.717) is 22.6 Å². The second kappa shape index (κ2) is 11.3. The number of ether oxygens (including phenoxy) is 2. The van der Waals surface area contributed by atoms with Crippen LogP contribution < -0.4 is 14.8 Å². The lowest BCUT2D eigenvalue weighted by Crippen LogP contribution is -2.37. The van der Waals surface area contributed by atoms with Crippen molar-refractivity contribution in [2.24, 2.45) is 5.92 Å². The van der Waals surface area contributed by atoms with Gasteiger partial charge in [-0.25, -0.2) is 0 Å². The van der Waals surface area contributed by atoms with Crippen molar-refractivity contribution in [1.29, 1.82) is 0 Å². The Hall–Kier alpha value is -2.12. The van der Waals surface area contributed by atoms with E-state index >= 15 is 0 Å². The molecular formula is C26H33BrN2O3S. The third kappa shape index (κ3) is 6.48. The minimum Gasteiger partial charge on any atom is -0.490 e. The molecule has 33 heavy (non-hydrogen) atoms. The third-order valence-corrected chi connectivity index (χ3v) is 7.00. The molecule has 5 nitrogen and oxygen atoms in total. The number of halogens is 1. The van der Waals surface area contributed by atoms with Crippen LogP contribution in [0.2, 0.25) is 0 Å². The van der Waals surface area contributed by atoms with Crippen molar-refractivity contribution in [3.05, 3.63) is 51.0 Å². The molecule has 2 aromatic rings. The van der Waals surface area contributed by atoms with Gasteiger partial charge in [0.15, 0.2) is 18.1 Å². The minimum absolute atomic E-state index is 0.126. The van der Waals surface area contributed by atoms with Gasteiger partial charge in [-0.3, -0.25) is 4.79 Å². The van der Waals surface area contributed by atoms with Crippen LogP contribution in [0.5, 0.6) is 11.5 Å². The Labute approximate surface area is 211 Å². The Bertz CT molecular complexity index is 1010. The van der Waals surface area contributed by atoms with E-state index in [-0.39, 0.29) is 12.5 Å². The number of piperidine rings is 1. The number of benzene rings is 2. The van der Waals surface area contributed by atoms with E-state index in [2.05, 4.69) is 45.2 Å². The monoisotopic (exact) mass is 532 g/mol. The van der Waals surface area contributed by atoms with Gasteiger partial charge in [0.2, 0.25) is 0 Å². The predicted octanol–water partition coefficient (Wildman–Crippen LogP) is 6.20. The Morgan fingerprint density at radius 2 is 1.76 bits per heavy atom. The zero-order valence-electron chi connectivity index (χ0n) is 20.1. The van der Waals surface area contributed by atoms with Crippen LogP contribution in [-0.4, -0.2) is 42.1 Å². The maximum absolute atomic E-state index is 12.6. The first kappa shape index (κ1) is 25.5. The molecule has 1 aliphatic rings. The van der Waals surface area contributed by atoms with E-state index in [1.165, 1.54) is 5.56 Å². The molecule has 0 saturated carbocycles. The van der Waals surface area contributed by atoms with Gasteiger partial charge in [-0.05, 0) is 85.6 Å². The second-order valence-electron chi connectivity index (χ2n) is 8.80. The van der Waals surface area contributed by atoms with Gasteiger partial charge in [-0.2, -0.15) is 0 Å². The van der Waals surface area contributed by atoms with Crippen LogP contribution in [0.15, 0.2) is 28.7 Å². The molecule has 0 unspecified atom stereocenters. The first-order chi connectivity index (χ1) is 15.7. The number of nitrogens with one attached hydrogen (secondary N) is 1. The van der Waals surface area contributed by atoms with Crippen molar-refractivity contribution in [3.63, 3.8) is 0 Å². The minimum atomic E-state index is -0.221. The first-order valence-corrected chi connectivity index (χ1v) is 12.7. The zero-order valence-corrected chi connectivity index (χ0v) is 22.5. The summed E-state index contributed by atoms with van der Waals surface area (Å²) in [7, 11) is 0. The summed E-state index contributed by atoms with van der Waals surface area (Å²) in [6.45, 7) is 12.5. The van der Waals surface area contributed by atoms with Gasteiger partial charge < -0.3 is 19.7 Å². The third-order valence-electron chi connectivity index (χ3n) is 5.92. The van der Waals surface area contributed by atoms with E-state index < -0.39 is 0 Å². The topological polar surface area (TPSA) is 50.8 Å². The maximum Gasteiger partial charge on any atom is 0.262 e. The van der Waals surface area contributed by atoms with Crippen molar-refractivity contribution in [2.75, 3.05) is 31.6 Å². The lowest BCUT2D eigenvalue weighted by atomic mass is 9.99. The molecule has 7 heteroatoms. The Balaban J connectivity index is 1.73. The number of carbonyl (C=O) groups excluding carboxylic acids is 1. The van der Waals surface area contributed by atoms with Crippen LogP contribution >= 0.6 is 28.1 Å². The zero-order chi connectivity index (χ0) is 24.1. The molecule has 3 rings (SSSR count). The summed E-state index contributed by atoms with van der Waals surface area (Å²) in [6, 6.07) is 7.97. The fourth-order valence-electron chi connectivity index (χ4n) is 4.18. The van der Waals surface area contributed by atoms with Crippen LogP contribution in [0.1, 0.15) is 48.9 Å². The highest BCUT2D eigenvalue weighted by atomic mass is 79.9. The molecule has 0 spiro atoms. The van der Waals surface area contributed by atoms with Gasteiger partial charge in [-0.15, -0.1) is 0 Å². The summed E-state index contributed by atoms with van der Waals surface area (Å²) in [5, 5.41) is 2.98. The average molecular weight is 534 g/mol. The lowest BCUT2D eigenvalue weighted by Gasteiger charge is -2.32. The summed E-state index contributed by atoms with van der Waals surface area (Å²) in [5.74, 6) is 1.60. The van der Waals surface area contributed by atoms with Crippen molar-refractivity contribution in [2.45, 2.75) is 47.5 Å². The molecule has 1 aliphatic heterocycles. The summed E-state index contributed by atoms with van der Waals surface area (Å²) in [4.78, 5) is 15.7. The van der Waals surface area contributed by atoms with Gasteiger partial charge in [-0.1, -0.05) is 36.8 Å². The van der Waals surface area contributed by atoms with Gasteiger partial charge in [0.25, 0.3) is 5.91 Å². The number of nitrogens with zero attached hydrogens (tertiary/aromatic N) is 1. The van der Waals surface area contributed by atoms with Gasteiger partial charge in [0, 0.05) is 24.3 Å². The van der Waals surface area contributed by atoms with E-state index in [4.69, 9.17) is 21.7 Å². The molecule has 0 atom stereocenters. The van der Waals surface area contributed by atoms with E-state index in [0.717, 1.165) is 59.2 Å². The van der Waals surface area contributed by atoms with Crippen molar-refractivity contribution < 1.29 is 14.3 Å². The molecule has 1 amide bonds. The maximum atomic E-state index is 12.6. The molecule has 2 aromatic carbocycles. The highest BCUT2D eigenvalue weighted by Crippen LogP contribution is 2.38. The number of amides is 1. The first-order valence-electron chi connectivity index (χ1n) is 11.5. The van der Waals surface area contributed by atoms with E-state index in [9.17, 15) is 4.79 Å². The predicted molar refractivity (Wildman–Crippen MR) is 142 cm³/mol. The molecule has 1 N–H and O–H groups in total. The van der Waals surface area contributed by atoms with Crippen molar-refractivity contribution in [3.8, 4) is 11.5 Å². The lowest BCUT2D eigenvalue weighted by molar-refractivity contribution is -0.118. The molecule has 0 radical (unpaired) electrons. The Morgan fingerprint density at radius 1 is 1.12 bits per heavy atom. The van der Waals surface area contributed by atoms with E-state index in [1.807, 2.05) is 39.8 Å². The van der Waals surface area contributed by atoms with Crippen LogP contribution in [0.25, 0.3) is 0 Å². The smallest absolute Gasteiger partial charge is 0.262 e. The molecule has 0 aromatic heterocycles. The SMILES string of the molecule is CCOc1cc(C(=S)N2CCC(C)CC2)cc(Br)c1OCC(=O)Nc1c(C)cc(C)cc1C. The van der Waals surface area contributed by atoms with E-state index in [1.54, 1.807) is 0 Å². The summed E-state index contributed by atoms with van der Waals surface area (Å²) in [6.07, 6.45) is 2.30. The van der Waals surface area contributed by atoms with Gasteiger partial charge in [0.05, 0.1) is 11.1 Å². The van der Waals surface area contributed by atoms with Crippen LogP contribution in [0.4, 0.5) is 5.69 Å². The Kier molecular flexibility index (Phi) is 8.76. The normalized spacial score (nSPS) is 14.2. The number of aryl methyl sites for hydroxylation is 3. The second-order valence-corrected chi connectivity index (χ2v) is 10.0. The van der Waals surface area contributed by atoms with Crippen LogP contribution in [0.3, 0.4) is 0 Å². The molecule has 1 heterocycles. The largest absolute Gasteiger partial charge is 0.490 e. The molecular weight excluding hydrogens is 500 g/mol. The van der Waals surface area contributed by atoms with Crippen LogP contribution in [0, 0.1) is 26.7 Å². The fourth-order valence-corrected chi connectivity index (χ4v) is 5.04. The van der Waals surface area contributed by atoms with Gasteiger partial charge >= 0.3 is 0 Å². The molecule has 0 bridgehead atoms. The van der Waals surface area contributed by atoms with Crippen molar-refractivity contribution in [1.82, 2.24) is 4.90 Å². The standard InChI is InChI=1S/C26H33BrN2O3S/c1-6-31-22-14-20(26(33)29-9-7-16(2)8-10-29)13-21(27)25(22)32-15-23(30)28-24-18(4)11-17(3)12-19(24)5/h11-14,16H,6-10,15H2,1-5H3,(H,28,30). The number of carbonyl (C=O) groups is 1. The van der Waals surface area contributed by atoms with Gasteiger partial charge in [0.1, 0.15) is 4.99 Å². The molecule has 0 aliphatic carbocycles. The quantitative estimate of drug-likeness (QED) is 0.430. The Morgan fingerprint density at radius 3 is 2.36 bits per heavy atom. The number of hydrogen-bond donors (Lipinski definition) is 1. The fraction of sp³-hybridized carbons (Fsp3) is 0.462. The molecule has 1 saturated heterocycles. The number of hydrogen-bond acceptors (Lipinski definition) is 4. The summed E-state index contributed by atoms with van der Waals surface area (Å²) < 4.78 is 12.5. The number of anilines is 1. The summed E-state index contributed by atoms with van der Waals surface area (Å²) in [5.41, 5.74) is 4.97. The highest BCUT2D eigenvalue weighted by Gasteiger charge is 2.22. The molecule has 1 fully saturated rings. The van der Waals surface area contributed by atoms with Crippen LogP contribution in [-0.2, 0) is 4.79 Å². The highest BCUT2D eigenvalue weighted by molar-refractivity contribution is 9.10. The number of likely N-dealkylation sites (tertiary alicyclic amines) is 1. The van der Waals surface area contributed by atoms with Crippen molar-refractivity contribution >= 4 is 44.7 Å². The summed E-state index contributed by atoms with van der Waals surface area (Å²) >= 11 is 9.39. The average Bonchev–Trinajstić information content (AvgIpc) is 2.75. The number of rotatable bonds is 7. The molecule has 178 valence electrons. The number of thiocarbonyl (C=S) groups is 1.